The van der Waals surface area contributed by atoms with Crippen molar-refractivity contribution in [1.82, 2.24) is 5.32 Å². The van der Waals surface area contributed by atoms with Crippen LogP contribution in [0, 0.1) is 0 Å². The van der Waals surface area contributed by atoms with Gasteiger partial charge in [0.15, 0.2) is 0 Å². The summed E-state index contributed by atoms with van der Waals surface area (Å²) in [6.45, 7) is 0.415. The number of hydrogen-bond donors (Lipinski definition) is 1. The second-order valence-electron chi connectivity index (χ2n) is 3.53. The normalized spacial score (nSPS) is 20.3. The Morgan fingerprint density at radius 3 is 3.14 bits per heavy atom. The summed E-state index contributed by atoms with van der Waals surface area (Å²) in [4.78, 5) is 0. The molecule has 76 valence electrons. The van der Waals surface area contributed by atoms with Crippen molar-refractivity contribution >= 4 is 0 Å². The van der Waals surface area contributed by atoms with Crippen LogP contribution in [0.25, 0.3) is 0 Å². The summed E-state index contributed by atoms with van der Waals surface area (Å²) in [5, 5.41) is 3.15. The average molecular weight is 195 g/mol. The molecule has 3 heteroatoms. The zero-order valence-electron chi connectivity index (χ0n) is 8.22. The Bertz CT molecular complexity index is 313. The Labute approximate surface area is 83.1 Å². The first-order valence-electron chi connectivity index (χ1n) is 4.79. The molecule has 14 heavy (non-hydrogen) atoms. The van der Waals surface area contributed by atoms with Gasteiger partial charge in [0.1, 0.15) is 12.4 Å². The van der Waals surface area contributed by atoms with Gasteiger partial charge in [-0.3, -0.25) is 0 Å². The first-order chi connectivity index (χ1) is 6.85. The Kier molecular flexibility index (Phi) is 2.68. The molecule has 0 saturated heterocycles. The number of alkyl halides is 1. The summed E-state index contributed by atoms with van der Waals surface area (Å²) < 4.78 is 17.8. The third-order valence-corrected chi connectivity index (χ3v) is 2.67. The summed E-state index contributed by atoms with van der Waals surface area (Å²) >= 11 is 0. The van der Waals surface area contributed by atoms with Gasteiger partial charge in [0.05, 0.1) is 7.11 Å². The molecule has 0 aromatic heterocycles. The van der Waals surface area contributed by atoms with Gasteiger partial charge in [0, 0.05) is 18.2 Å². The summed E-state index contributed by atoms with van der Waals surface area (Å²) in [5.74, 6) is 0.877. The van der Waals surface area contributed by atoms with Gasteiger partial charge in [-0.2, -0.15) is 0 Å². The highest BCUT2D eigenvalue weighted by Gasteiger charge is 2.20. The number of methoxy groups -OCH3 is 1. The molecule has 1 heterocycles. The summed E-state index contributed by atoms with van der Waals surface area (Å²) in [7, 11) is 1.65. The second-order valence-corrected chi connectivity index (χ2v) is 3.53. The number of halogens is 1. The van der Waals surface area contributed by atoms with Crippen molar-refractivity contribution in [3.05, 3.63) is 29.3 Å². The van der Waals surface area contributed by atoms with E-state index in [0.29, 0.717) is 0 Å². The lowest BCUT2D eigenvalue weighted by atomic mass is 9.95. The van der Waals surface area contributed by atoms with Crippen LogP contribution in [0.5, 0.6) is 5.75 Å². The van der Waals surface area contributed by atoms with Crippen molar-refractivity contribution in [2.45, 2.75) is 19.0 Å². The molecule has 0 spiro atoms. The van der Waals surface area contributed by atoms with Crippen LogP contribution in [0.4, 0.5) is 4.39 Å². The average Bonchev–Trinajstić information content (AvgIpc) is 2.27. The van der Waals surface area contributed by atoms with Gasteiger partial charge in [0.2, 0.25) is 0 Å². The van der Waals surface area contributed by atoms with E-state index in [1.54, 1.807) is 7.11 Å². The minimum Gasteiger partial charge on any atom is -0.496 e. The van der Waals surface area contributed by atoms with Crippen molar-refractivity contribution < 1.29 is 9.13 Å². The Hall–Kier alpha value is -1.09. The van der Waals surface area contributed by atoms with Gasteiger partial charge in [-0.1, -0.05) is 12.1 Å². The van der Waals surface area contributed by atoms with E-state index >= 15 is 0 Å². The predicted molar refractivity (Wildman–Crippen MR) is 53.3 cm³/mol. The van der Waals surface area contributed by atoms with Crippen molar-refractivity contribution in [3.63, 3.8) is 0 Å². The lowest BCUT2D eigenvalue weighted by Gasteiger charge is -2.25. The van der Waals surface area contributed by atoms with Crippen LogP contribution >= 0.6 is 0 Å². The molecular weight excluding hydrogens is 181 g/mol. The highest BCUT2D eigenvalue weighted by Crippen LogP contribution is 2.26. The van der Waals surface area contributed by atoms with Gasteiger partial charge in [-0.05, 0) is 18.1 Å². The zero-order chi connectivity index (χ0) is 9.97. The molecule has 1 aliphatic rings. The van der Waals surface area contributed by atoms with Crippen LogP contribution in [0.1, 0.15) is 11.1 Å². The maximum Gasteiger partial charge on any atom is 0.122 e. The van der Waals surface area contributed by atoms with Gasteiger partial charge >= 0.3 is 0 Å². The van der Waals surface area contributed by atoms with Gasteiger partial charge in [0.25, 0.3) is 0 Å². The van der Waals surface area contributed by atoms with E-state index < -0.39 is 0 Å². The fraction of sp³-hybridized carbons (Fsp3) is 0.455. The molecule has 1 aromatic carbocycles. The number of nitrogens with one attached hydrogen (secondary N) is 1. The monoisotopic (exact) mass is 195 g/mol. The molecule has 2 nitrogen and oxygen atoms in total. The first kappa shape index (κ1) is 9.46. The smallest absolute Gasteiger partial charge is 0.122 e. The third kappa shape index (κ3) is 1.60. The number of ether oxygens (including phenoxy) is 1. The predicted octanol–water partition coefficient (Wildman–Crippen LogP) is 1.68. The largest absolute Gasteiger partial charge is 0.496 e. The highest BCUT2D eigenvalue weighted by atomic mass is 19.1. The van der Waals surface area contributed by atoms with E-state index in [4.69, 9.17) is 4.74 Å². The number of rotatable bonds is 2. The molecule has 0 bridgehead atoms. The van der Waals surface area contributed by atoms with E-state index in [1.165, 1.54) is 5.56 Å². The van der Waals surface area contributed by atoms with Crippen LogP contribution in [0.2, 0.25) is 0 Å². The van der Waals surface area contributed by atoms with Crippen LogP contribution in [0.15, 0.2) is 18.2 Å². The fourth-order valence-corrected chi connectivity index (χ4v) is 1.88. The lowest BCUT2D eigenvalue weighted by molar-refractivity contribution is 0.348. The van der Waals surface area contributed by atoms with Crippen molar-refractivity contribution in [1.29, 1.82) is 0 Å². The molecule has 0 saturated carbocycles. The molecule has 0 radical (unpaired) electrons. The lowest BCUT2D eigenvalue weighted by Crippen LogP contribution is -2.37. The SMILES string of the molecule is COc1cccc2c1CC(CF)NC2. The molecule has 1 unspecified atom stereocenters. The number of hydrogen-bond acceptors (Lipinski definition) is 2. The highest BCUT2D eigenvalue weighted by molar-refractivity contribution is 5.42. The van der Waals surface area contributed by atoms with Crippen molar-refractivity contribution in [2.24, 2.45) is 0 Å². The van der Waals surface area contributed by atoms with Crippen LogP contribution in [0.3, 0.4) is 0 Å². The number of fused-ring (bicyclic) bond motifs is 1. The van der Waals surface area contributed by atoms with Gasteiger partial charge in [-0.15, -0.1) is 0 Å². The van der Waals surface area contributed by atoms with E-state index in [0.717, 1.165) is 24.3 Å². The number of benzene rings is 1. The molecule has 1 aromatic rings. The van der Waals surface area contributed by atoms with Crippen LogP contribution in [-0.2, 0) is 13.0 Å². The van der Waals surface area contributed by atoms with Crippen LogP contribution in [-0.4, -0.2) is 19.8 Å². The van der Waals surface area contributed by atoms with E-state index in [-0.39, 0.29) is 12.7 Å². The Morgan fingerprint density at radius 1 is 1.57 bits per heavy atom. The third-order valence-electron chi connectivity index (χ3n) is 2.67. The minimum absolute atomic E-state index is 0.0567. The quantitative estimate of drug-likeness (QED) is 0.775. The Morgan fingerprint density at radius 2 is 2.43 bits per heavy atom. The van der Waals surface area contributed by atoms with Gasteiger partial charge in [-0.25, -0.2) is 4.39 Å². The van der Waals surface area contributed by atoms with E-state index in [9.17, 15) is 4.39 Å². The molecular formula is C11H14FNO. The van der Waals surface area contributed by atoms with Crippen LogP contribution < -0.4 is 10.1 Å². The minimum atomic E-state index is -0.322. The standard InChI is InChI=1S/C11H14FNO/c1-14-11-4-2-3-8-7-13-9(6-12)5-10(8)11/h2-4,9,13H,5-7H2,1H3. The summed E-state index contributed by atoms with van der Waals surface area (Å²) in [6, 6.07) is 5.90. The molecule has 1 atom stereocenters. The molecule has 2 rings (SSSR count). The van der Waals surface area contributed by atoms with Gasteiger partial charge < -0.3 is 10.1 Å². The molecule has 0 aliphatic carbocycles. The maximum atomic E-state index is 12.5. The first-order valence-corrected chi connectivity index (χ1v) is 4.79. The maximum absolute atomic E-state index is 12.5. The Balaban J connectivity index is 2.33. The summed E-state index contributed by atoms with van der Waals surface area (Å²) in [5.41, 5.74) is 2.37. The topological polar surface area (TPSA) is 21.3 Å². The second kappa shape index (κ2) is 3.96. The summed E-state index contributed by atoms with van der Waals surface area (Å²) in [6.07, 6.45) is 0.718. The molecule has 1 N–H and O–H groups in total. The van der Waals surface area contributed by atoms with Crippen molar-refractivity contribution in [3.8, 4) is 5.75 Å². The molecule has 1 aliphatic heterocycles. The molecule has 0 amide bonds. The van der Waals surface area contributed by atoms with E-state index in [1.807, 2.05) is 12.1 Å². The fourth-order valence-electron chi connectivity index (χ4n) is 1.88. The zero-order valence-corrected chi connectivity index (χ0v) is 8.22. The molecule has 0 fully saturated rings. The van der Waals surface area contributed by atoms with Crippen molar-refractivity contribution in [2.75, 3.05) is 13.8 Å². The van der Waals surface area contributed by atoms with E-state index in [2.05, 4.69) is 11.4 Å².